The standard InChI is InChI=1S/C44H28O/c1-3-14-29(15-4-1)32-18-7-8-19-35(32)43-38-22-11-9-20-36(38)42(37-21-10-12-23-39(37)43)31-26-27-34-40-25-13-24-33(30-16-5-2-6-17-30)44(40)45-41(34)28-31/h1-28H/i1D,2D,3D,4D,5D,6D,7D,8D,13D,14D,15D,16D,17D,18D,19D,24D,25D,26D,27D,28D. The van der Waals surface area contributed by atoms with Crippen LogP contribution in [0.5, 0.6) is 0 Å². The molecule has 0 saturated heterocycles. The van der Waals surface area contributed by atoms with E-state index < -0.39 is 143 Å². The number of hydrogen-bond donors (Lipinski definition) is 0. The van der Waals surface area contributed by atoms with Crippen LogP contribution in [0.25, 0.3) is 88.0 Å². The van der Waals surface area contributed by atoms with Crippen LogP contribution in [-0.4, -0.2) is 0 Å². The van der Waals surface area contributed by atoms with E-state index in [0.29, 0.717) is 10.8 Å². The number of para-hydroxylation sites is 1. The highest BCUT2D eigenvalue weighted by molar-refractivity contribution is 6.23. The zero-order valence-electron chi connectivity index (χ0n) is 43.0. The zero-order valence-corrected chi connectivity index (χ0v) is 23.0. The first kappa shape index (κ1) is 12.6. The molecule has 1 aromatic heterocycles. The van der Waals surface area contributed by atoms with Gasteiger partial charge in [-0.15, -0.1) is 0 Å². The fourth-order valence-corrected chi connectivity index (χ4v) is 5.82. The lowest BCUT2D eigenvalue weighted by Gasteiger charge is -2.19. The smallest absolute Gasteiger partial charge is 0.143 e. The first-order valence-corrected chi connectivity index (χ1v) is 13.8. The largest absolute Gasteiger partial charge is 0.455 e. The first-order valence-electron chi connectivity index (χ1n) is 23.8. The summed E-state index contributed by atoms with van der Waals surface area (Å²) in [6.07, 6.45) is 0. The van der Waals surface area contributed by atoms with Crippen molar-refractivity contribution in [2.45, 2.75) is 0 Å². The molecule has 1 heteroatoms. The molecule has 9 rings (SSSR count). The Balaban J connectivity index is 1.45. The molecule has 1 heterocycles. The van der Waals surface area contributed by atoms with E-state index in [1.165, 1.54) is 0 Å². The van der Waals surface area contributed by atoms with Gasteiger partial charge in [-0.2, -0.15) is 0 Å². The molecule has 0 bridgehead atoms. The topological polar surface area (TPSA) is 13.1 Å². The number of fused-ring (bicyclic) bond motifs is 5. The molecule has 0 radical (unpaired) electrons. The molecule has 1 nitrogen and oxygen atoms in total. The average Bonchev–Trinajstić information content (AvgIpc) is 3.70. The minimum absolute atomic E-state index is 0.163. The van der Waals surface area contributed by atoms with Crippen LogP contribution >= 0.6 is 0 Å². The van der Waals surface area contributed by atoms with Crippen molar-refractivity contribution in [1.82, 2.24) is 0 Å². The maximum absolute atomic E-state index is 9.71. The summed E-state index contributed by atoms with van der Waals surface area (Å²) in [6.45, 7) is 0. The van der Waals surface area contributed by atoms with E-state index in [1.807, 2.05) is 0 Å². The van der Waals surface area contributed by atoms with E-state index in [1.54, 1.807) is 48.5 Å². The second-order valence-electron chi connectivity index (χ2n) is 10.1. The van der Waals surface area contributed by atoms with Crippen LogP contribution in [0.2, 0.25) is 0 Å². The second-order valence-corrected chi connectivity index (χ2v) is 10.1. The van der Waals surface area contributed by atoms with Crippen LogP contribution in [-0.2, 0) is 0 Å². The molecule has 0 unspecified atom stereocenters. The predicted octanol–water partition coefficient (Wildman–Crippen LogP) is 12.6. The molecule has 0 amide bonds. The molecule has 0 aliphatic heterocycles. The molecule has 0 saturated carbocycles. The minimum atomic E-state index is -0.738. The van der Waals surface area contributed by atoms with Gasteiger partial charge in [0.15, 0.2) is 0 Å². The Kier molecular flexibility index (Phi) is 2.90. The van der Waals surface area contributed by atoms with Crippen LogP contribution in [0.3, 0.4) is 0 Å². The Morgan fingerprint density at radius 2 is 0.911 bits per heavy atom. The molecule has 0 N–H and O–H groups in total. The van der Waals surface area contributed by atoms with Gasteiger partial charge in [0, 0.05) is 16.3 Å². The lowest BCUT2D eigenvalue weighted by molar-refractivity contribution is 0.670. The molecule has 0 atom stereocenters. The molecule has 210 valence electrons. The summed E-state index contributed by atoms with van der Waals surface area (Å²) >= 11 is 0. The van der Waals surface area contributed by atoms with Gasteiger partial charge in [0.05, 0.1) is 27.4 Å². The Bertz CT molecular complexity index is 3550. The first-order chi connectivity index (χ1) is 30.7. The van der Waals surface area contributed by atoms with Crippen molar-refractivity contribution in [2.75, 3.05) is 0 Å². The van der Waals surface area contributed by atoms with E-state index in [-0.39, 0.29) is 54.9 Å². The van der Waals surface area contributed by atoms with Gasteiger partial charge < -0.3 is 4.42 Å². The molecular formula is C44H28O. The van der Waals surface area contributed by atoms with Crippen LogP contribution in [0, 0.1) is 0 Å². The Morgan fingerprint density at radius 1 is 0.378 bits per heavy atom. The van der Waals surface area contributed by atoms with E-state index in [9.17, 15) is 5.48 Å². The summed E-state index contributed by atoms with van der Waals surface area (Å²) in [5, 5.41) is 0.596. The Hall–Kier alpha value is -5.92. The maximum Gasteiger partial charge on any atom is 0.143 e. The van der Waals surface area contributed by atoms with Crippen molar-refractivity contribution in [3.8, 4) is 44.5 Å². The number of furan rings is 1. The molecule has 8 aromatic carbocycles. The van der Waals surface area contributed by atoms with Gasteiger partial charge in [0.25, 0.3) is 0 Å². The lowest BCUT2D eigenvalue weighted by Crippen LogP contribution is -1.92. The summed E-state index contributed by atoms with van der Waals surface area (Å²) in [5.74, 6) is 0. The van der Waals surface area contributed by atoms with E-state index in [4.69, 9.17) is 26.3 Å². The third-order valence-corrected chi connectivity index (χ3v) is 7.68. The van der Waals surface area contributed by atoms with E-state index in [0.717, 1.165) is 0 Å². The normalized spacial score (nSPS) is 17.8. The summed E-state index contributed by atoms with van der Waals surface area (Å²) in [7, 11) is 0. The molecule has 45 heavy (non-hydrogen) atoms. The summed E-state index contributed by atoms with van der Waals surface area (Å²) in [5.41, 5.74) is -2.57. The summed E-state index contributed by atoms with van der Waals surface area (Å²) in [4.78, 5) is 0. The minimum Gasteiger partial charge on any atom is -0.455 e. The highest BCUT2D eigenvalue weighted by Gasteiger charge is 2.20. The van der Waals surface area contributed by atoms with Gasteiger partial charge >= 0.3 is 0 Å². The number of benzene rings is 8. The predicted molar refractivity (Wildman–Crippen MR) is 190 cm³/mol. The molecular weight excluding hydrogens is 544 g/mol. The third-order valence-electron chi connectivity index (χ3n) is 7.68. The van der Waals surface area contributed by atoms with Gasteiger partial charge in [-0.3, -0.25) is 0 Å². The summed E-state index contributed by atoms with van der Waals surface area (Å²) in [6, 6.07) is -0.464. The lowest BCUT2D eigenvalue weighted by atomic mass is 9.84. The van der Waals surface area contributed by atoms with Crippen LogP contribution in [0.1, 0.15) is 27.4 Å². The van der Waals surface area contributed by atoms with Crippen molar-refractivity contribution in [1.29, 1.82) is 0 Å². The number of rotatable bonds is 4. The molecule has 0 aliphatic rings. The highest BCUT2D eigenvalue weighted by Crippen LogP contribution is 2.47. The van der Waals surface area contributed by atoms with Crippen molar-refractivity contribution in [3.63, 3.8) is 0 Å². The van der Waals surface area contributed by atoms with Crippen LogP contribution in [0.4, 0.5) is 0 Å². The van der Waals surface area contributed by atoms with Gasteiger partial charge in [0.2, 0.25) is 0 Å². The molecule has 0 aliphatic carbocycles. The van der Waals surface area contributed by atoms with Gasteiger partial charge in [-0.1, -0.05) is 157 Å². The fraction of sp³-hybridized carbons (Fsp3) is 0. The molecule has 0 spiro atoms. The monoisotopic (exact) mass is 592 g/mol. The van der Waals surface area contributed by atoms with Crippen molar-refractivity contribution in [3.05, 3.63) is 169 Å². The molecule has 9 aromatic rings. The van der Waals surface area contributed by atoms with Crippen LogP contribution < -0.4 is 0 Å². The fourth-order valence-electron chi connectivity index (χ4n) is 5.82. The Morgan fingerprint density at radius 3 is 1.56 bits per heavy atom. The Labute approximate surface area is 289 Å². The van der Waals surface area contributed by atoms with Crippen molar-refractivity contribution >= 4 is 43.5 Å². The SMILES string of the molecule is [2H]c1c([2H])c([2H])c(-c2c([2H])c([2H])c([2H])c([2H])c2-c2c3ccccc3c(-c3c([2H])c([2H])c4c(oc5c(-c6c([2H])c([2H])c([2H])c([2H])c6[2H])c([2H])c([2H])c([2H])c54)c3[2H])c3ccccc23)c([2H])c1[2H]. The zero-order chi connectivity index (χ0) is 47.1. The van der Waals surface area contributed by atoms with E-state index >= 15 is 0 Å². The summed E-state index contributed by atoms with van der Waals surface area (Å²) < 4.78 is 182. The molecule has 0 fully saturated rings. The average molecular weight is 593 g/mol. The van der Waals surface area contributed by atoms with Crippen molar-refractivity contribution in [2.24, 2.45) is 0 Å². The highest BCUT2D eigenvalue weighted by atomic mass is 16.3. The van der Waals surface area contributed by atoms with Crippen molar-refractivity contribution < 1.29 is 31.8 Å². The maximum atomic E-state index is 9.71. The number of hydrogen-bond acceptors (Lipinski definition) is 1. The van der Waals surface area contributed by atoms with E-state index in [2.05, 4.69) is 0 Å². The van der Waals surface area contributed by atoms with Gasteiger partial charge in [-0.05, 0) is 72.6 Å². The third kappa shape index (κ3) is 4.09. The second kappa shape index (κ2) is 10.4. The van der Waals surface area contributed by atoms with Gasteiger partial charge in [0.1, 0.15) is 11.2 Å². The quantitative estimate of drug-likeness (QED) is 0.185. The van der Waals surface area contributed by atoms with Gasteiger partial charge in [-0.25, -0.2) is 0 Å². The van der Waals surface area contributed by atoms with Crippen LogP contribution in [0.15, 0.2) is 174 Å².